The predicted molar refractivity (Wildman–Crippen MR) is 129 cm³/mol. The number of methoxy groups -OCH3 is 2. The van der Waals surface area contributed by atoms with Gasteiger partial charge in [-0.25, -0.2) is 9.97 Å². The summed E-state index contributed by atoms with van der Waals surface area (Å²) < 4.78 is 16.1. The van der Waals surface area contributed by atoms with E-state index >= 15 is 0 Å². The van der Waals surface area contributed by atoms with Crippen molar-refractivity contribution in [2.75, 3.05) is 32.3 Å². The van der Waals surface area contributed by atoms with E-state index in [1.54, 1.807) is 38.7 Å². The molecule has 0 aliphatic carbocycles. The Kier molecular flexibility index (Phi) is 7.21. The molecule has 2 unspecified atom stereocenters. The van der Waals surface area contributed by atoms with E-state index in [1.165, 1.54) is 0 Å². The van der Waals surface area contributed by atoms with E-state index in [-0.39, 0.29) is 5.97 Å². The molecule has 4 rings (SSSR count). The predicted octanol–water partition coefficient (Wildman–Crippen LogP) is 3.97. The molecule has 0 amide bonds. The van der Waals surface area contributed by atoms with Crippen LogP contribution in [0.4, 0.5) is 5.95 Å². The zero-order chi connectivity index (χ0) is 23.4. The van der Waals surface area contributed by atoms with Gasteiger partial charge in [0.1, 0.15) is 15.9 Å². The van der Waals surface area contributed by atoms with Crippen molar-refractivity contribution >= 4 is 45.1 Å². The molecule has 1 saturated heterocycles. The molecule has 0 bridgehead atoms. The Balaban J connectivity index is 1.53. The first-order valence-electron chi connectivity index (χ1n) is 10.7. The summed E-state index contributed by atoms with van der Waals surface area (Å²) in [5.41, 5.74) is -0.436. The third-order valence-corrected chi connectivity index (χ3v) is 7.04. The van der Waals surface area contributed by atoms with Crippen molar-refractivity contribution in [3.63, 3.8) is 0 Å². The Bertz CT molecular complexity index is 1130. The number of rotatable bonds is 8. The van der Waals surface area contributed by atoms with E-state index in [0.29, 0.717) is 50.0 Å². The van der Waals surface area contributed by atoms with Crippen molar-refractivity contribution in [1.29, 1.82) is 0 Å². The van der Waals surface area contributed by atoms with Gasteiger partial charge >= 0.3 is 5.97 Å². The summed E-state index contributed by atoms with van der Waals surface area (Å²) in [6.45, 7) is 3.06. The summed E-state index contributed by atoms with van der Waals surface area (Å²) >= 11 is 8.37. The van der Waals surface area contributed by atoms with E-state index in [0.717, 1.165) is 15.8 Å². The zero-order valence-electron chi connectivity index (χ0n) is 18.8. The fourth-order valence-electron chi connectivity index (χ4n) is 4.01. The summed E-state index contributed by atoms with van der Waals surface area (Å²) in [7, 11) is 3.19. The molecule has 3 aromatic rings. The van der Waals surface area contributed by atoms with Gasteiger partial charge in [0.15, 0.2) is 11.5 Å². The number of benzene rings is 1. The first-order chi connectivity index (χ1) is 16.0. The van der Waals surface area contributed by atoms with Crippen molar-refractivity contribution in [1.82, 2.24) is 15.3 Å². The molecular weight excluding hydrogens is 464 g/mol. The second-order valence-electron chi connectivity index (χ2n) is 7.78. The van der Waals surface area contributed by atoms with Gasteiger partial charge in [0, 0.05) is 31.1 Å². The van der Waals surface area contributed by atoms with Crippen LogP contribution >= 0.6 is 22.9 Å². The average Bonchev–Trinajstić information content (AvgIpc) is 3.30. The highest BCUT2D eigenvalue weighted by Gasteiger charge is 2.46. The largest absolute Gasteiger partial charge is 0.493 e. The number of carbonyl (C=O) groups is 1. The number of aromatic nitrogens is 2. The van der Waals surface area contributed by atoms with Gasteiger partial charge in [0.05, 0.1) is 20.8 Å². The second-order valence-corrected chi connectivity index (χ2v) is 9.18. The van der Waals surface area contributed by atoms with Crippen LogP contribution in [-0.2, 0) is 16.1 Å². The van der Waals surface area contributed by atoms with Gasteiger partial charge in [-0.1, -0.05) is 17.7 Å². The van der Waals surface area contributed by atoms with Gasteiger partial charge in [-0.3, -0.25) is 10.1 Å². The Labute approximate surface area is 201 Å². The molecule has 1 aromatic carbocycles. The number of ether oxygens (including phenoxy) is 3. The highest BCUT2D eigenvalue weighted by molar-refractivity contribution is 7.16. The molecule has 1 N–H and O–H groups in total. The lowest BCUT2D eigenvalue weighted by Crippen LogP contribution is -2.61. The van der Waals surface area contributed by atoms with Crippen molar-refractivity contribution < 1.29 is 19.0 Å². The molecule has 1 aliphatic rings. The minimum absolute atomic E-state index is 0.299. The summed E-state index contributed by atoms with van der Waals surface area (Å²) in [6.07, 6.45) is 2.67. The number of halogens is 1. The first kappa shape index (κ1) is 23.5. The number of carbonyl (C=O) groups excluding carboxylic acids is 1. The van der Waals surface area contributed by atoms with Gasteiger partial charge in [-0.2, -0.15) is 0 Å². The maximum Gasteiger partial charge on any atom is 0.326 e. The lowest BCUT2D eigenvalue weighted by atomic mass is 9.87. The summed E-state index contributed by atoms with van der Waals surface area (Å²) in [5.74, 6) is 1.55. The minimum Gasteiger partial charge on any atom is -0.493 e. The highest BCUT2D eigenvalue weighted by atomic mass is 35.5. The Hall–Kier alpha value is -2.62. The minimum atomic E-state index is -0.918. The molecule has 10 heteroatoms. The molecule has 1 aliphatic heterocycles. The van der Waals surface area contributed by atoms with Gasteiger partial charge in [0.25, 0.3) is 0 Å². The normalized spacial score (nSPS) is 20.6. The van der Waals surface area contributed by atoms with Crippen molar-refractivity contribution in [3.05, 3.63) is 41.4 Å². The number of piperidine rings is 1. The maximum atomic E-state index is 13.1. The van der Waals surface area contributed by atoms with E-state index < -0.39 is 11.0 Å². The SMILES string of the molecule is CCOC(=O)C1(NCc2ccc(OC)c(OC)c2)CCN(c2ncc3ccsc3n2)C(Cl)C1. The number of thiophene rings is 1. The van der Waals surface area contributed by atoms with Crippen LogP contribution in [0, 0.1) is 0 Å². The zero-order valence-corrected chi connectivity index (χ0v) is 20.4. The number of hydrogen-bond donors (Lipinski definition) is 1. The van der Waals surface area contributed by atoms with Crippen LogP contribution in [0.2, 0.25) is 0 Å². The quantitative estimate of drug-likeness (QED) is 0.288. The molecule has 2 aromatic heterocycles. The molecule has 8 nitrogen and oxygen atoms in total. The molecular formula is C23H27ClN4O4S. The van der Waals surface area contributed by atoms with E-state index in [2.05, 4.69) is 15.3 Å². The standard InChI is InChI=1S/C23H27ClN4O4S/c1-4-32-21(29)23(26-13-15-5-6-17(30-2)18(11-15)31-3)8-9-28(19(24)12-23)22-25-14-16-7-10-33-20(16)27-22/h5-7,10-11,14,19,26H,4,8-9,12-13H2,1-3H3. The highest BCUT2D eigenvalue weighted by Crippen LogP contribution is 2.34. The fourth-order valence-corrected chi connectivity index (χ4v) is 5.19. The van der Waals surface area contributed by atoms with Crippen LogP contribution in [0.5, 0.6) is 11.5 Å². The first-order valence-corrected chi connectivity index (χ1v) is 12.1. The van der Waals surface area contributed by atoms with Crippen LogP contribution in [0.15, 0.2) is 35.8 Å². The number of esters is 1. The molecule has 33 heavy (non-hydrogen) atoms. The maximum absolute atomic E-state index is 13.1. The monoisotopic (exact) mass is 490 g/mol. The summed E-state index contributed by atoms with van der Waals surface area (Å²) in [5, 5.41) is 6.42. The third kappa shape index (κ3) is 4.85. The Morgan fingerprint density at radius 1 is 1.30 bits per heavy atom. The molecule has 176 valence electrons. The second kappa shape index (κ2) is 10.1. The van der Waals surface area contributed by atoms with Crippen LogP contribution in [0.3, 0.4) is 0 Å². The van der Waals surface area contributed by atoms with Crippen LogP contribution in [0.1, 0.15) is 25.3 Å². The number of nitrogens with one attached hydrogen (secondary N) is 1. The summed E-state index contributed by atoms with van der Waals surface area (Å²) in [4.78, 5) is 25.1. The lowest BCUT2D eigenvalue weighted by molar-refractivity contribution is -0.152. The molecule has 0 saturated carbocycles. The number of fused-ring (bicyclic) bond motifs is 1. The van der Waals surface area contributed by atoms with Crippen LogP contribution in [0.25, 0.3) is 10.2 Å². The van der Waals surface area contributed by atoms with Crippen molar-refractivity contribution in [2.45, 2.75) is 37.4 Å². The number of hydrogen-bond acceptors (Lipinski definition) is 9. The number of anilines is 1. The van der Waals surface area contributed by atoms with E-state index in [1.807, 2.05) is 34.5 Å². The Morgan fingerprint density at radius 2 is 2.12 bits per heavy atom. The van der Waals surface area contributed by atoms with Crippen molar-refractivity contribution in [3.8, 4) is 11.5 Å². The number of alkyl halides is 1. The average molecular weight is 491 g/mol. The summed E-state index contributed by atoms with van der Waals surface area (Å²) in [6, 6.07) is 7.66. The lowest BCUT2D eigenvalue weighted by Gasteiger charge is -2.43. The van der Waals surface area contributed by atoms with Crippen LogP contribution in [-0.4, -0.2) is 54.3 Å². The molecule has 1 fully saturated rings. The van der Waals surface area contributed by atoms with Gasteiger partial charge in [-0.05, 0) is 42.5 Å². The Morgan fingerprint density at radius 3 is 2.85 bits per heavy atom. The van der Waals surface area contributed by atoms with Gasteiger partial charge in [-0.15, -0.1) is 11.3 Å². The van der Waals surface area contributed by atoms with Gasteiger partial charge < -0.3 is 19.1 Å². The smallest absolute Gasteiger partial charge is 0.326 e. The fraction of sp³-hybridized carbons (Fsp3) is 0.435. The van der Waals surface area contributed by atoms with Crippen molar-refractivity contribution in [2.24, 2.45) is 0 Å². The molecule has 2 atom stereocenters. The molecule has 0 radical (unpaired) electrons. The van der Waals surface area contributed by atoms with E-state index in [9.17, 15) is 4.79 Å². The number of nitrogens with zero attached hydrogens (tertiary/aromatic N) is 3. The van der Waals surface area contributed by atoms with Crippen LogP contribution < -0.4 is 19.7 Å². The molecule has 3 heterocycles. The van der Waals surface area contributed by atoms with Gasteiger partial charge in [0.2, 0.25) is 5.95 Å². The van der Waals surface area contributed by atoms with E-state index in [4.69, 9.17) is 25.8 Å². The topological polar surface area (TPSA) is 85.8 Å². The molecule has 0 spiro atoms. The third-order valence-electron chi connectivity index (χ3n) is 5.83.